The second kappa shape index (κ2) is 7.75. The van der Waals surface area contributed by atoms with E-state index in [1.54, 1.807) is 19.1 Å². The van der Waals surface area contributed by atoms with Gasteiger partial charge in [0.15, 0.2) is 0 Å². The maximum Gasteiger partial charge on any atom is 0.240 e. The van der Waals surface area contributed by atoms with E-state index < -0.39 is 16.1 Å². The van der Waals surface area contributed by atoms with Crippen molar-refractivity contribution in [1.29, 1.82) is 0 Å². The van der Waals surface area contributed by atoms with Crippen molar-refractivity contribution in [3.05, 3.63) is 59.0 Å². The van der Waals surface area contributed by atoms with E-state index in [9.17, 15) is 13.5 Å². The summed E-state index contributed by atoms with van der Waals surface area (Å²) in [6, 6.07) is 12.5. The molecule has 0 aliphatic heterocycles. The topological polar surface area (TPSA) is 75.6 Å². The summed E-state index contributed by atoms with van der Waals surface area (Å²) in [7, 11) is -3.72. The largest absolute Gasteiger partial charge is 0.494 e. The van der Waals surface area contributed by atoms with Crippen LogP contribution in [0.5, 0.6) is 5.75 Å². The third-order valence-electron chi connectivity index (χ3n) is 4.09. The molecule has 26 heavy (non-hydrogen) atoms. The lowest BCUT2D eigenvalue weighted by Gasteiger charge is -2.13. The highest BCUT2D eigenvalue weighted by Crippen LogP contribution is 2.30. The van der Waals surface area contributed by atoms with Gasteiger partial charge in [0.2, 0.25) is 10.0 Å². The Bertz CT molecular complexity index is 1010. The number of aryl methyl sites for hydroxylation is 1. The first kappa shape index (κ1) is 18.8. The Morgan fingerprint density at radius 2 is 2.00 bits per heavy atom. The standard InChI is InChI=1S/C19H21NO4S2/c1-3-24-18-9-8-14(10-13(18)2)26(22,23)20-11-17(21)16-12-25-19-7-5-4-6-15(16)19/h4-10,12,17,20-21H,3,11H2,1-2H3. The monoisotopic (exact) mass is 391 g/mol. The molecular weight excluding hydrogens is 370 g/mol. The molecular formula is C19H21NO4S2. The number of ether oxygens (including phenoxy) is 1. The molecule has 0 aliphatic carbocycles. The lowest BCUT2D eigenvalue weighted by Crippen LogP contribution is -2.28. The molecule has 1 unspecified atom stereocenters. The van der Waals surface area contributed by atoms with Crippen LogP contribution in [0, 0.1) is 6.92 Å². The maximum absolute atomic E-state index is 12.5. The fraction of sp³-hybridized carbons (Fsp3) is 0.263. The number of rotatable bonds is 7. The molecule has 7 heteroatoms. The van der Waals surface area contributed by atoms with E-state index in [0.29, 0.717) is 12.4 Å². The lowest BCUT2D eigenvalue weighted by molar-refractivity contribution is 0.184. The van der Waals surface area contributed by atoms with Gasteiger partial charge in [-0.2, -0.15) is 0 Å². The van der Waals surface area contributed by atoms with Crippen LogP contribution in [-0.2, 0) is 10.0 Å². The van der Waals surface area contributed by atoms with Crippen molar-refractivity contribution in [3.63, 3.8) is 0 Å². The van der Waals surface area contributed by atoms with Crippen molar-refractivity contribution in [3.8, 4) is 5.75 Å². The van der Waals surface area contributed by atoms with Crippen LogP contribution < -0.4 is 9.46 Å². The summed E-state index contributed by atoms with van der Waals surface area (Å²) in [5, 5.41) is 13.3. The maximum atomic E-state index is 12.5. The van der Waals surface area contributed by atoms with Gasteiger partial charge in [0.05, 0.1) is 17.6 Å². The fourth-order valence-corrected chi connectivity index (χ4v) is 4.88. The first-order valence-electron chi connectivity index (χ1n) is 8.29. The van der Waals surface area contributed by atoms with Crippen LogP contribution in [0.25, 0.3) is 10.1 Å². The molecule has 0 saturated carbocycles. The molecule has 1 aromatic heterocycles. The zero-order valence-electron chi connectivity index (χ0n) is 14.6. The number of hydrogen-bond donors (Lipinski definition) is 2. The predicted octanol–water partition coefficient (Wildman–Crippen LogP) is 3.62. The van der Waals surface area contributed by atoms with Gasteiger partial charge < -0.3 is 9.84 Å². The minimum Gasteiger partial charge on any atom is -0.494 e. The first-order chi connectivity index (χ1) is 12.4. The van der Waals surface area contributed by atoms with Gasteiger partial charge in [0, 0.05) is 16.8 Å². The predicted molar refractivity (Wildman–Crippen MR) is 104 cm³/mol. The van der Waals surface area contributed by atoms with Crippen molar-refractivity contribution in [2.75, 3.05) is 13.2 Å². The van der Waals surface area contributed by atoms with Gasteiger partial charge in [0.25, 0.3) is 0 Å². The average molecular weight is 392 g/mol. The van der Waals surface area contributed by atoms with Crippen LogP contribution >= 0.6 is 11.3 Å². The van der Waals surface area contributed by atoms with E-state index in [4.69, 9.17) is 4.74 Å². The summed E-state index contributed by atoms with van der Waals surface area (Å²) >= 11 is 1.53. The van der Waals surface area contributed by atoms with Gasteiger partial charge in [-0.1, -0.05) is 18.2 Å². The highest BCUT2D eigenvalue weighted by molar-refractivity contribution is 7.89. The van der Waals surface area contributed by atoms with E-state index in [1.165, 1.54) is 17.4 Å². The molecule has 1 atom stereocenters. The Hall–Kier alpha value is -1.93. The first-order valence-corrected chi connectivity index (χ1v) is 10.7. The highest BCUT2D eigenvalue weighted by Gasteiger charge is 2.19. The van der Waals surface area contributed by atoms with Crippen molar-refractivity contribution in [2.24, 2.45) is 0 Å². The number of fused-ring (bicyclic) bond motifs is 1. The third-order valence-corrected chi connectivity index (χ3v) is 6.50. The SMILES string of the molecule is CCOc1ccc(S(=O)(=O)NCC(O)c2csc3ccccc23)cc1C. The number of aliphatic hydroxyl groups is 1. The van der Waals surface area contributed by atoms with Crippen LogP contribution in [0.4, 0.5) is 0 Å². The molecule has 0 fully saturated rings. The summed E-state index contributed by atoms with van der Waals surface area (Å²) < 4.78 is 34.1. The van der Waals surface area contributed by atoms with Crippen molar-refractivity contribution < 1.29 is 18.3 Å². The summed E-state index contributed by atoms with van der Waals surface area (Å²) in [6.07, 6.45) is -0.912. The zero-order chi connectivity index (χ0) is 18.7. The molecule has 3 rings (SSSR count). The molecule has 2 aromatic carbocycles. The van der Waals surface area contributed by atoms with Crippen molar-refractivity contribution >= 4 is 31.4 Å². The molecule has 138 valence electrons. The molecule has 0 bridgehead atoms. The van der Waals surface area contributed by atoms with E-state index in [-0.39, 0.29) is 11.4 Å². The molecule has 3 aromatic rings. The molecule has 0 saturated heterocycles. The van der Waals surface area contributed by atoms with E-state index in [1.807, 2.05) is 36.6 Å². The second-order valence-electron chi connectivity index (χ2n) is 5.92. The fourth-order valence-electron chi connectivity index (χ4n) is 2.74. The summed E-state index contributed by atoms with van der Waals surface area (Å²) in [5.41, 5.74) is 1.48. The molecule has 0 radical (unpaired) electrons. The van der Waals surface area contributed by atoms with Crippen LogP contribution in [0.15, 0.2) is 52.7 Å². The van der Waals surface area contributed by atoms with Crippen molar-refractivity contribution in [1.82, 2.24) is 4.72 Å². The molecule has 0 aliphatic rings. The Morgan fingerprint density at radius 3 is 2.73 bits per heavy atom. The van der Waals surface area contributed by atoms with Crippen LogP contribution in [0.2, 0.25) is 0 Å². The van der Waals surface area contributed by atoms with Gasteiger partial charge in [-0.25, -0.2) is 13.1 Å². The smallest absolute Gasteiger partial charge is 0.240 e. The van der Waals surface area contributed by atoms with Gasteiger partial charge in [-0.05, 0) is 54.4 Å². The Labute approximate surface area is 157 Å². The molecule has 0 spiro atoms. The van der Waals surface area contributed by atoms with Gasteiger partial charge in [-0.3, -0.25) is 0 Å². The van der Waals surface area contributed by atoms with E-state index in [0.717, 1.165) is 21.2 Å². The van der Waals surface area contributed by atoms with Crippen LogP contribution in [-0.4, -0.2) is 26.7 Å². The van der Waals surface area contributed by atoms with Crippen LogP contribution in [0.3, 0.4) is 0 Å². The third kappa shape index (κ3) is 3.91. The lowest BCUT2D eigenvalue weighted by atomic mass is 10.1. The Balaban J connectivity index is 1.74. The van der Waals surface area contributed by atoms with Crippen molar-refractivity contribution in [2.45, 2.75) is 24.8 Å². The summed E-state index contributed by atoms with van der Waals surface area (Å²) in [5.74, 6) is 0.663. The highest BCUT2D eigenvalue weighted by atomic mass is 32.2. The van der Waals surface area contributed by atoms with Gasteiger partial charge >= 0.3 is 0 Å². The number of nitrogens with one attached hydrogen (secondary N) is 1. The normalized spacial score (nSPS) is 13.0. The van der Waals surface area contributed by atoms with Crippen LogP contribution in [0.1, 0.15) is 24.2 Å². The number of aliphatic hydroxyl groups excluding tert-OH is 1. The van der Waals surface area contributed by atoms with Gasteiger partial charge in [0.1, 0.15) is 5.75 Å². The van der Waals surface area contributed by atoms with E-state index >= 15 is 0 Å². The number of benzene rings is 2. The summed E-state index contributed by atoms with van der Waals surface area (Å²) in [4.78, 5) is 0.154. The Kier molecular flexibility index (Phi) is 5.62. The van der Waals surface area contributed by atoms with Gasteiger partial charge in [-0.15, -0.1) is 11.3 Å². The number of thiophene rings is 1. The molecule has 5 nitrogen and oxygen atoms in total. The molecule has 0 amide bonds. The summed E-state index contributed by atoms with van der Waals surface area (Å²) in [6.45, 7) is 4.11. The Morgan fingerprint density at radius 1 is 1.23 bits per heavy atom. The molecule has 2 N–H and O–H groups in total. The second-order valence-corrected chi connectivity index (χ2v) is 8.59. The average Bonchev–Trinajstić information content (AvgIpc) is 3.06. The number of hydrogen-bond acceptors (Lipinski definition) is 5. The quantitative estimate of drug-likeness (QED) is 0.645. The number of sulfonamides is 1. The van der Waals surface area contributed by atoms with E-state index in [2.05, 4.69) is 4.72 Å². The molecule has 1 heterocycles. The minimum atomic E-state index is -3.72. The zero-order valence-corrected chi connectivity index (χ0v) is 16.2. The minimum absolute atomic E-state index is 0.0880.